The van der Waals surface area contributed by atoms with Gasteiger partial charge in [0.1, 0.15) is 0 Å². The van der Waals surface area contributed by atoms with E-state index in [-0.39, 0.29) is 5.78 Å². The Bertz CT molecular complexity index is 744. The molecule has 0 aliphatic heterocycles. The SMILES string of the molecule is O=C(c1ccccc1)c1cccc(S(=O)c2ccccc2)c1. The van der Waals surface area contributed by atoms with E-state index in [9.17, 15) is 9.00 Å². The molecule has 3 heteroatoms. The summed E-state index contributed by atoms with van der Waals surface area (Å²) in [5.74, 6) is -0.0625. The summed E-state index contributed by atoms with van der Waals surface area (Å²) < 4.78 is 12.6. The van der Waals surface area contributed by atoms with Gasteiger partial charge < -0.3 is 0 Å². The average Bonchev–Trinajstić information content (AvgIpc) is 2.62. The van der Waals surface area contributed by atoms with Gasteiger partial charge in [0, 0.05) is 20.9 Å². The van der Waals surface area contributed by atoms with E-state index in [0.29, 0.717) is 16.0 Å². The third-order valence-corrected chi connectivity index (χ3v) is 4.69. The van der Waals surface area contributed by atoms with Crippen molar-refractivity contribution in [1.29, 1.82) is 0 Å². The molecule has 0 fully saturated rings. The Morgan fingerprint density at radius 2 is 1.18 bits per heavy atom. The van der Waals surface area contributed by atoms with Crippen molar-refractivity contribution in [3.63, 3.8) is 0 Å². The van der Waals surface area contributed by atoms with Gasteiger partial charge in [0.25, 0.3) is 0 Å². The largest absolute Gasteiger partial charge is 0.289 e. The van der Waals surface area contributed by atoms with Crippen LogP contribution >= 0.6 is 0 Å². The fraction of sp³-hybridized carbons (Fsp3) is 0. The highest BCUT2D eigenvalue weighted by Gasteiger charge is 2.12. The lowest BCUT2D eigenvalue weighted by molar-refractivity contribution is 0.103. The molecule has 0 aromatic heterocycles. The van der Waals surface area contributed by atoms with Crippen LogP contribution in [0.15, 0.2) is 94.7 Å². The molecule has 0 spiro atoms. The van der Waals surface area contributed by atoms with Crippen molar-refractivity contribution in [2.45, 2.75) is 9.79 Å². The van der Waals surface area contributed by atoms with Crippen LogP contribution < -0.4 is 0 Å². The molecule has 22 heavy (non-hydrogen) atoms. The lowest BCUT2D eigenvalue weighted by Gasteiger charge is -2.05. The van der Waals surface area contributed by atoms with E-state index in [1.165, 1.54) is 0 Å². The third-order valence-electron chi connectivity index (χ3n) is 3.30. The quantitative estimate of drug-likeness (QED) is 0.681. The smallest absolute Gasteiger partial charge is 0.193 e. The van der Waals surface area contributed by atoms with E-state index in [1.807, 2.05) is 48.5 Å². The first-order chi connectivity index (χ1) is 10.8. The van der Waals surface area contributed by atoms with Gasteiger partial charge in [-0.1, -0.05) is 60.7 Å². The molecule has 0 bridgehead atoms. The highest BCUT2D eigenvalue weighted by molar-refractivity contribution is 7.85. The number of carbonyl (C=O) groups excluding carboxylic acids is 1. The predicted octanol–water partition coefficient (Wildman–Crippen LogP) is 4.08. The van der Waals surface area contributed by atoms with Crippen LogP contribution in [0.4, 0.5) is 0 Å². The van der Waals surface area contributed by atoms with Crippen molar-refractivity contribution in [2.24, 2.45) is 0 Å². The van der Waals surface area contributed by atoms with Crippen LogP contribution in [-0.2, 0) is 10.8 Å². The van der Waals surface area contributed by atoms with Crippen molar-refractivity contribution in [3.8, 4) is 0 Å². The van der Waals surface area contributed by atoms with Crippen molar-refractivity contribution in [1.82, 2.24) is 0 Å². The van der Waals surface area contributed by atoms with Crippen LogP contribution in [0.3, 0.4) is 0 Å². The average molecular weight is 306 g/mol. The molecule has 1 atom stereocenters. The molecule has 108 valence electrons. The summed E-state index contributed by atoms with van der Waals surface area (Å²) in [6.45, 7) is 0. The summed E-state index contributed by atoms with van der Waals surface area (Å²) in [6.07, 6.45) is 0. The zero-order valence-electron chi connectivity index (χ0n) is 11.8. The second-order valence-corrected chi connectivity index (χ2v) is 6.29. The molecular formula is C19H14O2S. The van der Waals surface area contributed by atoms with Gasteiger partial charge in [-0.05, 0) is 24.3 Å². The fourth-order valence-corrected chi connectivity index (χ4v) is 3.30. The lowest BCUT2D eigenvalue weighted by atomic mass is 10.0. The first kappa shape index (κ1) is 14.4. The third kappa shape index (κ3) is 3.05. The van der Waals surface area contributed by atoms with E-state index < -0.39 is 10.8 Å². The molecule has 2 nitrogen and oxygen atoms in total. The topological polar surface area (TPSA) is 34.1 Å². The Balaban J connectivity index is 1.94. The second kappa shape index (κ2) is 6.50. The maximum absolute atomic E-state index is 12.6. The minimum atomic E-state index is -1.28. The van der Waals surface area contributed by atoms with Gasteiger partial charge in [0.2, 0.25) is 0 Å². The Hall–Kier alpha value is -2.52. The van der Waals surface area contributed by atoms with E-state index in [0.717, 1.165) is 4.90 Å². The number of hydrogen-bond acceptors (Lipinski definition) is 2. The van der Waals surface area contributed by atoms with Crippen molar-refractivity contribution >= 4 is 16.6 Å². The monoisotopic (exact) mass is 306 g/mol. The molecule has 0 N–H and O–H groups in total. The highest BCUT2D eigenvalue weighted by atomic mass is 32.2. The fourth-order valence-electron chi connectivity index (χ4n) is 2.19. The minimum absolute atomic E-state index is 0.0625. The molecule has 3 rings (SSSR count). The molecular weight excluding hydrogens is 292 g/mol. The van der Waals surface area contributed by atoms with E-state index in [4.69, 9.17) is 0 Å². The Morgan fingerprint density at radius 1 is 0.636 bits per heavy atom. The normalized spacial score (nSPS) is 11.8. The summed E-state index contributed by atoms with van der Waals surface area (Å²) >= 11 is 0. The Morgan fingerprint density at radius 3 is 1.86 bits per heavy atom. The first-order valence-electron chi connectivity index (χ1n) is 6.92. The Kier molecular flexibility index (Phi) is 4.26. The maximum atomic E-state index is 12.6. The zero-order chi connectivity index (χ0) is 15.4. The summed E-state index contributed by atoms with van der Waals surface area (Å²) in [4.78, 5) is 13.8. The number of ketones is 1. The molecule has 3 aromatic rings. The predicted molar refractivity (Wildman–Crippen MR) is 87.4 cm³/mol. The van der Waals surface area contributed by atoms with Crippen LogP contribution in [0, 0.1) is 0 Å². The van der Waals surface area contributed by atoms with Gasteiger partial charge >= 0.3 is 0 Å². The first-order valence-corrected chi connectivity index (χ1v) is 8.07. The van der Waals surface area contributed by atoms with Gasteiger partial charge in [0.05, 0.1) is 10.8 Å². The summed E-state index contributed by atoms with van der Waals surface area (Å²) in [7, 11) is -1.28. The lowest BCUT2D eigenvalue weighted by Crippen LogP contribution is -2.02. The highest BCUT2D eigenvalue weighted by Crippen LogP contribution is 2.19. The van der Waals surface area contributed by atoms with Crippen LogP contribution in [-0.4, -0.2) is 9.99 Å². The molecule has 0 saturated carbocycles. The van der Waals surface area contributed by atoms with E-state index in [1.54, 1.807) is 36.4 Å². The zero-order valence-corrected chi connectivity index (χ0v) is 12.6. The van der Waals surface area contributed by atoms with Gasteiger partial charge in [0.15, 0.2) is 5.78 Å². The summed E-state index contributed by atoms with van der Waals surface area (Å²) in [6, 6.07) is 25.3. The minimum Gasteiger partial charge on any atom is -0.289 e. The molecule has 3 aromatic carbocycles. The number of benzene rings is 3. The van der Waals surface area contributed by atoms with Crippen LogP contribution in [0.2, 0.25) is 0 Å². The van der Waals surface area contributed by atoms with Crippen molar-refractivity contribution in [3.05, 3.63) is 96.1 Å². The number of carbonyl (C=O) groups is 1. The maximum Gasteiger partial charge on any atom is 0.193 e. The van der Waals surface area contributed by atoms with E-state index in [2.05, 4.69) is 0 Å². The molecule has 0 aliphatic rings. The standard InChI is InChI=1S/C19H14O2S/c20-19(15-8-3-1-4-9-15)16-10-7-13-18(14-16)22(21)17-11-5-2-6-12-17/h1-14H. The van der Waals surface area contributed by atoms with Gasteiger partial charge in [-0.2, -0.15) is 0 Å². The van der Waals surface area contributed by atoms with Gasteiger partial charge in [-0.25, -0.2) is 4.21 Å². The number of rotatable bonds is 4. The second-order valence-electron chi connectivity index (χ2n) is 4.80. The van der Waals surface area contributed by atoms with Gasteiger partial charge in [-0.15, -0.1) is 0 Å². The van der Waals surface area contributed by atoms with E-state index >= 15 is 0 Å². The summed E-state index contributed by atoms with van der Waals surface area (Å²) in [5, 5.41) is 0. The number of hydrogen-bond donors (Lipinski definition) is 0. The van der Waals surface area contributed by atoms with Crippen LogP contribution in [0.5, 0.6) is 0 Å². The Labute approximate surface area is 131 Å². The molecule has 0 radical (unpaired) electrons. The molecule has 1 unspecified atom stereocenters. The van der Waals surface area contributed by atoms with Crippen molar-refractivity contribution < 1.29 is 9.00 Å². The van der Waals surface area contributed by atoms with Crippen LogP contribution in [0.1, 0.15) is 15.9 Å². The molecule has 0 amide bonds. The summed E-state index contributed by atoms with van der Waals surface area (Å²) in [5.41, 5.74) is 1.18. The molecule has 0 aliphatic carbocycles. The van der Waals surface area contributed by atoms with Crippen LogP contribution in [0.25, 0.3) is 0 Å². The van der Waals surface area contributed by atoms with Gasteiger partial charge in [-0.3, -0.25) is 4.79 Å². The van der Waals surface area contributed by atoms with Crippen molar-refractivity contribution in [2.75, 3.05) is 0 Å². The molecule has 0 heterocycles. The molecule has 0 saturated heterocycles.